The lowest BCUT2D eigenvalue weighted by molar-refractivity contribution is -0.0579. The van der Waals surface area contributed by atoms with Gasteiger partial charge in [-0.15, -0.1) is 0 Å². The average Bonchev–Trinajstić information content (AvgIpc) is 3.61. The molecule has 0 radical (unpaired) electrons. The minimum atomic E-state index is -4.46. The number of imidazole rings is 1. The van der Waals surface area contributed by atoms with Crippen molar-refractivity contribution in [2.45, 2.75) is 49.2 Å². The van der Waals surface area contributed by atoms with E-state index in [9.17, 15) is 19.0 Å². The number of hydrogen-bond donors (Lipinski definition) is 3. The Morgan fingerprint density at radius 2 is 1.75 bits per heavy atom. The first kappa shape index (κ1) is 31.8. The second-order valence-electron chi connectivity index (χ2n) is 9.51. The zero-order valence-corrected chi connectivity index (χ0v) is 25.6. The van der Waals surface area contributed by atoms with Gasteiger partial charge in [-0.3, -0.25) is 32.5 Å². The molecule has 44 heavy (non-hydrogen) atoms. The van der Waals surface area contributed by atoms with Crippen LogP contribution in [0.4, 0.5) is 14.6 Å². The Labute approximate surface area is 253 Å². The summed E-state index contributed by atoms with van der Waals surface area (Å²) in [5, 5.41) is 0. The van der Waals surface area contributed by atoms with E-state index < -0.39 is 87.2 Å². The number of nitrogens with two attached hydrogens (primary N) is 1. The van der Waals surface area contributed by atoms with Gasteiger partial charge in [0, 0.05) is 12.3 Å². The number of nitrogens with zero attached hydrogens (tertiary/aromatic N) is 5. The van der Waals surface area contributed by atoms with Crippen LogP contribution < -0.4 is 17.0 Å². The molecule has 0 amide bonds. The molecule has 0 saturated carbocycles. The van der Waals surface area contributed by atoms with Gasteiger partial charge in [0.05, 0.1) is 26.7 Å². The molecule has 2 unspecified atom stereocenters. The molecule has 3 fully saturated rings. The molecule has 0 bridgehead atoms. The minimum absolute atomic E-state index is 0.0359. The van der Waals surface area contributed by atoms with E-state index in [4.69, 9.17) is 49.3 Å². The predicted molar refractivity (Wildman–Crippen MR) is 149 cm³/mol. The first-order valence-electron chi connectivity index (χ1n) is 12.5. The maximum Gasteiger partial charge on any atom is 0.416 e. The number of anilines is 1. The fourth-order valence-corrected chi connectivity index (χ4v) is 8.77. The Hall–Kier alpha value is -2.20. The van der Waals surface area contributed by atoms with E-state index in [1.165, 1.54) is 10.9 Å². The van der Waals surface area contributed by atoms with Crippen LogP contribution in [0.25, 0.3) is 11.2 Å². The molecule has 4 N–H and O–H groups in total. The van der Waals surface area contributed by atoms with Crippen molar-refractivity contribution in [1.82, 2.24) is 29.1 Å². The Bertz CT molecular complexity index is 1770. The van der Waals surface area contributed by atoms with Crippen molar-refractivity contribution in [1.29, 1.82) is 0 Å². The van der Waals surface area contributed by atoms with Crippen molar-refractivity contribution < 1.29 is 50.0 Å². The topological polar surface area (TPSA) is 226 Å². The Morgan fingerprint density at radius 3 is 2.43 bits per heavy atom. The first-order chi connectivity index (χ1) is 20.9. The number of hydrogen-bond acceptors (Lipinski definition) is 16. The lowest BCUT2D eigenvalue weighted by Gasteiger charge is -2.29. The van der Waals surface area contributed by atoms with Crippen molar-refractivity contribution in [3.8, 4) is 0 Å². The Balaban J connectivity index is 1.31. The molecular weight excluding hydrogens is 678 g/mol. The number of rotatable bonds is 4. The standard InChI is InChI=1S/C20H23F2N7O11P2S2/c1-34-44-42(33)36-5-9-14(11(21)19(38-9)29-7-26-13-16(23)24-6-25-17(13)29)39-41(32,43)35-4-8-15(40-42)12(22)18(37-8)28-3-2-10(30)27-20(28)31/h2-3,6-9,11-12,14-15,18-19H,4-5H2,1H3,(H,32,43)(H2,23,24,25)(H,27,30,31)/t8-,9-,11-,12-,14-,15-,18-,19-,41?,42?/m1/s1. The van der Waals surface area contributed by atoms with Crippen LogP contribution >= 0.6 is 25.2 Å². The molecule has 0 aromatic carbocycles. The Kier molecular flexibility index (Phi) is 8.80. The number of H-pyrrole nitrogens is 1. The number of aromatic amines is 1. The molecule has 3 aliphatic rings. The highest BCUT2D eigenvalue weighted by molar-refractivity contribution is 8.52. The number of ether oxygens (including phenoxy) is 2. The Morgan fingerprint density at radius 1 is 1.09 bits per heavy atom. The molecule has 3 saturated heterocycles. The van der Waals surface area contributed by atoms with Crippen LogP contribution in [0.5, 0.6) is 0 Å². The van der Waals surface area contributed by atoms with Crippen molar-refractivity contribution in [3.63, 3.8) is 0 Å². The van der Waals surface area contributed by atoms with Gasteiger partial charge in [-0.05, 0) is 11.8 Å². The zero-order valence-electron chi connectivity index (χ0n) is 22.2. The lowest BCUT2D eigenvalue weighted by Crippen LogP contribution is -2.37. The fourth-order valence-electron chi connectivity index (χ4n) is 4.87. The monoisotopic (exact) mass is 701 g/mol. The summed E-state index contributed by atoms with van der Waals surface area (Å²) in [6.45, 7) is -10.2. The highest BCUT2D eigenvalue weighted by Crippen LogP contribution is 2.64. The van der Waals surface area contributed by atoms with Gasteiger partial charge in [0.25, 0.3) is 5.56 Å². The SMILES string of the molecule is COSP1(=O)OC[C@H]2O[C@@H](n3cnc4c(N)ncnc43)[C@H](F)[C@@H]2OP(O)(=S)OC[C@H]2O[C@@H](n3ccc(=O)[nH]c3=O)[C@H](F)[C@@H]2O1. The lowest BCUT2D eigenvalue weighted by atomic mass is 10.1. The summed E-state index contributed by atoms with van der Waals surface area (Å²) >= 11 is 5.34. The van der Waals surface area contributed by atoms with E-state index in [1.807, 2.05) is 4.98 Å². The van der Waals surface area contributed by atoms with Gasteiger partial charge < -0.3 is 28.8 Å². The third-order valence-electron chi connectivity index (χ3n) is 6.79. The van der Waals surface area contributed by atoms with Crippen LogP contribution in [0.3, 0.4) is 0 Å². The maximum atomic E-state index is 16.0. The molecule has 240 valence electrons. The molecule has 3 aliphatic heterocycles. The molecule has 0 spiro atoms. The molecule has 6 heterocycles. The van der Waals surface area contributed by atoms with Gasteiger partial charge in [0.2, 0.25) is 0 Å². The first-order valence-corrected chi connectivity index (χ1v) is 18.0. The quantitative estimate of drug-likeness (QED) is 0.253. The van der Waals surface area contributed by atoms with Gasteiger partial charge in [0.15, 0.2) is 36.3 Å². The molecule has 0 aliphatic carbocycles. The summed E-state index contributed by atoms with van der Waals surface area (Å²) in [7, 11) is 1.15. The van der Waals surface area contributed by atoms with Crippen molar-refractivity contribution in [3.05, 3.63) is 45.8 Å². The number of nitrogens with one attached hydrogen (secondary N) is 1. The molecular formula is C20H23F2N7O11P2S2. The fraction of sp³-hybridized carbons (Fsp3) is 0.550. The second kappa shape index (κ2) is 12.2. The van der Waals surface area contributed by atoms with Crippen molar-refractivity contribution >= 4 is 54.0 Å². The third kappa shape index (κ3) is 6.02. The van der Waals surface area contributed by atoms with Gasteiger partial charge in [-0.1, -0.05) is 0 Å². The summed E-state index contributed by atoms with van der Waals surface area (Å²) in [6.07, 6.45) is -10.3. The van der Waals surface area contributed by atoms with E-state index in [-0.39, 0.29) is 28.6 Å². The van der Waals surface area contributed by atoms with E-state index in [0.717, 1.165) is 30.3 Å². The van der Waals surface area contributed by atoms with Crippen molar-refractivity contribution in [2.75, 3.05) is 26.1 Å². The average molecular weight is 702 g/mol. The summed E-state index contributed by atoms with van der Waals surface area (Å²) < 4.78 is 86.0. The van der Waals surface area contributed by atoms with Crippen LogP contribution in [-0.4, -0.2) is 91.0 Å². The number of fused-ring (bicyclic) bond motifs is 3. The summed E-state index contributed by atoms with van der Waals surface area (Å²) in [5.74, 6) is 0.0359. The van der Waals surface area contributed by atoms with Crippen LogP contribution in [0.2, 0.25) is 0 Å². The second-order valence-corrected chi connectivity index (χ2v) is 15.9. The largest absolute Gasteiger partial charge is 0.416 e. The van der Waals surface area contributed by atoms with Gasteiger partial charge >= 0.3 is 19.2 Å². The third-order valence-corrected chi connectivity index (χ3v) is 11.2. The van der Waals surface area contributed by atoms with Gasteiger partial charge in [-0.25, -0.2) is 33.1 Å². The van der Waals surface area contributed by atoms with Gasteiger partial charge in [-0.2, -0.15) is 0 Å². The molecule has 6 rings (SSSR count). The zero-order chi connectivity index (χ0) is 31.4. The molecule has 24 heteroatoms. The molecule has 10 atom stereocenters. The van der Waals surface area contributed by atoms with Crippen LogP contribution in [0.1, 0.15) is 12.5 Å². The van der Waals surface area contributed by atoms with Crippen molar-refractivity contribution in [2.24, 2.45) is 0 Å². The van der Waals surface area contributed by atoms with E-state index >= 15 is 8.78 Å². The van der Waals surface area contributed by atoms with Crippen LogP contribution in [-0.2, 0) is 48.1 Å². The minimum Gasteiger partial charge on any atom is -0.382 e. The molecule has 3 aromatic rings. The van der Waals surface area contributed by atoms with E-state index in [2.05, 4.69) is 15.0 Å². The van der Waals surface area contributed by atoms with Crippen LogP contribution in [0, 0.1) is 0 Å². The number of aromatic nitrogens is 6. The van der Waals surface area contributed by atoms with Gasteiger partial charge in [0.1, 0.15) is 47.9 Å². The van der Waals surface area contributed by atoms with E-state index in [1.54, 1.807) is 0 Å². The smallest absolute Gasteiger partial charge is 0.382 e. The number of nitrogen functional groups attached to an aromatic ring is 1. The maximum absolute atomic E-state index is 16.0. The summed E-state index contributed by atoms with van der Waals surface area (Å²) in [5.41, 5.74) is 4.39. The number of alkyl halides is 2. The number of halogens is 2. The predicted octanol–water partition coefficient (Wildman–Crippen LogP) is 0.866. The highest BCUT2D eigenvalue weighted by atomic mass is 32.7. The van der Waals surface area contributed by atoms with Crippen LogP contribution in [0.15, 0.2) is 34.5 Å². The van der Waals surface area contributed by atoms with E-state index in [0.29, 0.717) is 0 Å². The summed E-state index contributed by atoms with van der Waals surface area (Å²) in [4.78, 5) is 48.7. The highest BCUT2D eigenvalue weighted by Gasteiger charge is 2.54. The molecule has 18 nitrogen and oxygen atoms in total. The normalized spacial score (nSPS) is 38.1. The molecule has 3 aromatic heterocycles. The summed E-state index contributed by atoms with van der Waals surface area (Å²) in [6, 6.07) is 0.962.